The van der Waals surface area contributed by atoms with Crippen molar-refractivity contribution in [2.75, 3.05) is 19.5 Å². The maximum atomic E-state index is 12.7. The second kappa shape index (κ2) is 9.62. The first-order chi connectivity index (χ1) is 14.9. The van der Waals surface area contributed by atoms with Gasteiger partial charge in [0.25, 0.3) is 11.8 Å². The minimum Gasteiger partial charge on any atom is -0.497 e. The molecule has 1 heterocycles. The number of rotatable bonds is 7. The Morgan fingerprint density at radius 2 is 1.65 bits per heavy atom. The summed E-state index contributed by atoms with van der Waals surface area (Å²) in [4.78, 5) is 37.0. The number of para-hydroxylation sites is 1. The van der Waals surface area contributed by atoms with Crippen LogP contribution < -0.4 is 15.4 Å². The monoisotopic (exact) mass is 422 g/mol. The minimum absolute atomic E-state index is 0.0669. The van der Waals surface area contributed by atoms with E-state index in [0.29, 0.717) is 39.6 Å². The molecule has 0 saturated heterocycles. The van der Waals surface area contributed by atoms with E-state index in [-0.39, 0.29) is 12.5 Å². The summed E-state index contributed by atoms with van der Waals surface area (Å²) in [7, 11) is 2.83. The standard InChI is InChI=1S/C23H22N2O6/c1-14-19(23(28)30-3)12-17(31-14)13-24-22(27)18-6-4-5-7-20(18)25-21(26)15-8-10-16(29-2)11-9-15/h4-12H,13H2,1-3H3,(H,24,27)(H,25,26). The van der Waals surface area contributed by atoms with Gasteiger partial charge in [-0.3, -0.25) is 9.59 Å². The summed E-state index contributed by atoms with van der Waals surface area (Å²) in [5.74, 6) is 0.186. The number of nitrogens with one attached hydrogen (secondary N) is 2. The number of hydrogen-bond acceptors (Lipinski definition) is 6. The van der Waals surface area contributed by atoms with Crippen LogP contribution in [0, 0.1) is 6.92 Å². The Labute approximate surface area is 179 Å². The molecule has 160 valence electrons. The Balaban J connectivity index is 1.70. The van der Waals surface area contributed by atoms with Gasteiger partial charge in [0.15, 0.2) is 0 Å². The molecular weight excluding hydrogens is 400 g/mol. The molecule has 0 atom stereocenters. The van der Waals surface area contributed by atoms with E-state index in [1.54, 1.807) is 62.6 Å². The van der Waals surface area contributed by atoms with Crippen LogP contribution in [0.3, 0.4) is 0 Å². The Morgan fingerprint density at radius 1 is 0.935 bits per heavy atom. The Kier molecular flexibility index (Phi) is 6.71. The highest BCUT2D eigenvalue weighted by Gasteiger charge is 2.17. The summed E-state index contributed by atoms with van der Waals surface area (Å²) in [6.45, 7) is 1.71. The zero-order valence-corrected chi connectivity index (χ0v) is 17.4. The molecule has 31 heavy (non-hydrogen) atoms. The maximum absolute atomic E-state index is 12.7. The summed E-state index contributed by atoms with van der Waals surface area (Å²) < 4.78 is 15.3. The number of carbonyl (C=O) groups is 3. The summed E-state index contributed by atoms with van der Waals surface area (Å²) in [5, 5.41) is 5.48. The lowest BCUT2D eigenvalue weighted by molar-refractivity contribution is 0.0598. The lowest BCUT2D eigenvalue weighted by Gasteiger charge is -2.11. The smallest absolute Gasteiger partial charge is 0.341 e. The van der Waals surface area contributed by atoms with Crippen LogP contribution in [0.25, 0.3) is 0 Å². The average molecular weight is 422 g/mol. The molecule has 2 N–H and O–H groups in total. The van der Waals surface area contributed by atoms with Gasteiger partial charge in [-0.15, -0.1) is 0 Å². The first-order valence-corrected chi connectivity index (χ1v) is 9.43. The molecule has 0 aliphatic rings. The molecule has 1 aromatic heterocycles. The third-order valence-corrected chi connectivity index (χ3v) is 4.57. The second-order valence-corrected chi connectivity index (χ2v) is 6.59. The third-order valence-electron chi connectivity index (χ3n) is 4.57. The SMILES string of the molecule is COC(=O)c1cc(CNC(=O)c2ccccc2NC(=O)c2ccc(OC)cc2)oc1C. The lowest BCUT2D eigenvalue weighted by Crippen LogP contribution is -2.24. The van der Waals surface area contributed by atoms with Gasteiger partial charge >= 0.3 is 5.97 Å². The summed E-state index contributed by atoms with van der Waals surface area (Å²) in [6, 6.07) is 14.8. The average Bonchev–Trinajstić information content (AvgIpc) is 3.17. The predicted octanol–water partition coefficient (Wildman–Crippen LogP) is 3.57. The zero-order chi connectivity index (χ0) is 22.4. The number of esters is 1. The van der Waals surface area contributed by atoms with E-state index < -0.39 is 11.9 Å². The first kappa shape index (κ1) is 21.6. The number of carbonyl (C=O) groups excluding carboxylic acids is 3. The first-order valence-electron chi connectivity index (χ1n) is 9.43. The van der Waals surface area contributed by atoms with Gasteiger partial charge in [0.2, 0.25) is 0 Å². The van der Waals surface area contributed by atoms with Crippen LogP contribution in [0.5, 0.6) is 5.75 Å². The van der Waals surface area contributed by atoms with Gasteiger partial charge in [-0.05, 0) is 49.4 Å². The fourth-order valence-electron chi connectivity index (χ4n) is 2.93. The number of aryl methyl sites for hydroxylation is 1. The van der Waals surface area contributed by atoms with Crippen LogP contribution in [-0.2, 0) is 11.3 Å². The van der Waals surface area contributed by atoms with E-state index in [1.807, 2.05) is 0 Å². The van der Waals surface area contributed by atoms with Crippen molar-refractivity contribution in [1.82, 2.24) is 5.32 Å². The van der Waals surface area contributed by atoms with Gasteiger partial charge in [-0.2, -0.15) is 0 Å². The molecule has 0 aliphatic heterocycles. The number of benzene rings is 2. The summed E-state index contributed by atoms with van der Waals surface area (Å²) in [6.07, 6.45) is 0. The van der Waals surface area contributed by atoms with E-state index in [1.165, 1.54) is 13.2 Å². The molecule has 8 nitrogen and oxygen atoms in total. The molecule has 0 aliphatic carbocycles. The molecule has 0 radical (unpaired) electrons. The highest BCUT2D eigenvalue weighted by Crippen LogP contribution is 2.19. The zero-order valence-electron chi connectivity index (χ0n) is 17.4. The van der Waals surface area contributed by atoms with Crippen molar-refractivity contribution >= 4 is 23.5 Å². The number of amides is 2. The van der Waals surface area contributed by atoms with Crippen molar-refractivity contribution in [3.63, 3.8) is 0 Å². The molecule has 0 fully saturated rings. The van der Waals surface area contributed by atoms with Crippen LogP contribution in [0.2, 0.25) is 0 Å². The topological polar surface area (TPSA) is 107 Å². The molecule has 0 unspecified atom stereocenters. The van der Waals surface area contributed by atoms with E-state index in [2.05, 4.69) is 10.6 Å². The van der Waals surface area contributed by atoms with Crippen molar-refractivity contribution in [2.45, 2.75) is 13.5 Å². The quantitative estimate of drug-likeness (QED) is 0.564. The van der Waals surface area contributed by atoms with E-state index in [0.717, 1.165) is 0 Å². The molecule has 8 heteroatoms. The molecule has 0 saturated carbocycles. The van der Waals surface area contributed by atoms with Gasteiger partial charge in [0, 0.05) is 5.56 Å². The fraction of sp³-hybridized carbons (Fsp3) is 0.174. The normalized spacial score (nSPS) is 10.3. The Morgan fingerprint density at radius 3 is 2.32 bits per heavy atom. The van der Waals surface area contributed by atoms with Crippen molar-refractivity contribution in [3.8, 4) is 5.75 Å². The molecule has 3 rings (SSSR count). The van der Waals surface area contributed by atoms with Crippen LogP contribution in [0.1, 0.15) is 42.6 Å². The Hall–Kier alpha value is -4.07. The van der Waals surface area contributed by atoms with Crippen molar-refractivity contribution < 1.29 is 28.3 Å². The van der Waals surface area contributed by atoms with Crippen molar-refractivity contribution in [3.05, 3.63) is 82.8 Å². The molecule has 2 aromatic carbocycles. The Bertz CT molecular complexity index is 1100. The van der Waals surface area contributed by atoms with Crippen molar-refractivity contribution in [2.24, 2.45) is 0 Å². The maximum Gasteiger partial charge on any atom is 0.341 e. The number of ether oxygens (including phenoxy) is 2. The third kappa shape index (κ3) is 5.11. The fourth-order valence-corrected chi connectivity index (χ4v) is 2.93. The highest BCUT2D eigenvalue weighted by atomic mass is 16.5. The minimum atomic E-state index is -0.509. The van der Waals surface area contributed by atoms with Crippen LogP contribution in [-0.4, -0.2) is 32.0 Å². The number of hydrogen-bond donors (Lipinski definition) is 2. The molecule has 0 bridgehead atoms. The molecule has 3 aromatic rings. The van der Waals surface area contributed by atoms with Gasteiger partial charge in [0.05, 0.1) is 32.0 Å². The van der Waals surface area contributed by atoms with Crippen LogP contribution in [0.4, 0.5) is 5.69 Å². The number of furan rings is 1. The molecule has 0 spiro atoms. The van der Waals surface area contributed by atoms with Crippen molar-refractivity contribution in [1.29, 1.82) is 0 Å². The van der Waals surface area contributed by atoms with Crippen LogP contribution in [0.15, 0.2) is 59.0 Å². The molecular formula is C23H22N2O6. The van der Waals surface area contributed by atoms with Gasteiger partial charge < -0.3 is 24.5 Å². The van der Waals surface area contributed by atoms with Gasteiger partial charge in [-0.1, -0.05) is 12.1 Å². The van der Waals surface area contributed by atoms with Crippen LogP contribution >= 0.6 is 0 Å². The predicted molar refractivity (Wildman–Crippen MR) is 113 cm³/mol. The number of methoxy groups -OCH3 is 2. The summed E-state index contributed by atoms with van der Waals surface area (Å²) in [5.41, 5.74) is 1.39. The number of anilines is 1. The van der Waals surface area contributed by atoms with E-state index in [9.17, 15) is 14.4 Å². The summed E-state index contributed by atoms with van der Waals surface area (Å²) >= 11 is 0. The molecule has 2 amide bonds. The largest absolute Gasteiger partial charge is 0.497 e. The lowest BCUT2D eigenvalue weighted by atomic mass is 10.1. The van der Waals surface area contributed by atoms with Gasteiger partial charge in [-0.25, -0.2) is 4.79 Å². The van der Waals surface area contributed by atoms with Gasteiger partial charge in [0.1, 0.15) is 22.8 Å². The highest BCUT2D eigenvalue weighted by molar-refractivity contribution is 6.09. The van der Waals surface area contributed by atoms with E-state index >= 15 is 0 Å². The second-order valence-electron chi connectivity index (χ2n) is 6.59. The van der Waals surface area contributed by atoms with E-state index in [4.69, 9.17) is 13.9 Å².